The third-order valence-electron chi connectivity index (χ3n) is 3.41. The lowest BCUT2D eigenvalue weighted by Crippen LogP contribution is -2.14. The largest absolute Gasteiger partial charge is 0.505 e. The van der Waals surface area contributed by atoms with Crippen molar-refractivity contribution >= 4 is 60.8 Å². The van der Waals surface area contributed by atoms with E-state index in [1.54, 1.807) is 30.3 Å². The Bertz CT molecular complexity index is 1040. The molecule has 1 heterocycles. The molecule has 0 saturated heterocycles. The summed E-state index contributed by atoms with van der Waals surface area (Å²) in [6, 6.07) is 11.4. The molecule has 0 aliphatic heterocycles. The highest BCUT2D eigenvalue weighted by molar-refractivity contribution is 14.1. The van der Waals surface area contributed by atoms with Crippen molar-refractivity contribution in [2.24, 2.45) is 0 Å². The molecule has 0 bridgehead atoms. The number of fused-ring (bicyclic) bond motifs is 1. The van der Waals surface area contributed by atoms with Crippen molar-refractivity contribution in [2.75, 3.05) is 4.72 Å². The fourth-order valence-electron chi connectivity index (χ4n) is 2.16. The van der Waals surface area contributed by atoms with Crippen LogP contribution in [-0.2, 0) is 10.0 Å². The van der Waals surface area contributed by atoms with Gasteiger partial charge in [0.2, 0.25) is 0 Å². The number of sulfonamides is 1. The van der Waals surface area contributed by atoms with E-state index in [0.29, 0.717) is 19.7 Å². The van der Waals surface area contributed by atoms with Gasteiger partial charge in [-0.3, -0.25) is 4.72 Å². The second kappa shape index (κ2) is 6.38. The summed E-state index contributed by atoms with van der Waals surface area (Å²) >= 11 is 8.04. The van der Waals surface area contributed by atoms with Gasteiger partial charge in [-0.25, -0.2) is 4.98 Å². The zero-order chi connectivity index (χ0) is 17.5. The molecular formula is C16H12ClIN2O3S. The number of hydrogen-bond acceptors (Lipinski definition) is 4. The lowest BCUT2D eigenvalue weighted by atomic mass is 10.2. The standard InChI is InChI=1S/C16H12ClIN2O3S/c1-9-2-4-10(5-3-9)20-24(22,23)14-7-6-11-12(17)8-13(18)16(21)15(11)19-14/h2-8,20-21H,1H3. The van der Waals surface area contributed by atoms with Crippen molar-refractivity contribution in [3.63, 3.8) is 0 Å². The van der Waals surface area contributed by atoms with Crippen LogP contribution < -0.4 is 4.72 Å². The van der Waals surface area contributed by atoms with Crippen molar-refractivity contribution in [3.05, 3.63) is 56.6 Å². The SMILES string of the molecule is Cc1ccc(NS(=O)(=O)c2ccc3c(Cl)cc(I)c(O)c3n2)cc1. The van der Waals surface area contributed by atoms with Crippen molar-refractivity contribution in [3.8, 4) is 5.75 Å². The molecule has 24 heavy (non-hydrogen) atoms. The number of aromatic hydroxyl groups is 1. The molecule has 3 rings (SSSR count). The van der Waals surface area contributed by atoms with E-state index in [9.17, 15) is 13.5 Å². The minimum atomic E-state index is -3.88. The number of phenols is 1. The Hall–Kier alpha value is -1.58. The number of anilines is 1. The summed E-state index contributed by atoms with van der Waals surface area (Å²) in [6.07, 6.45) is 0. The molecule has 5 nitrogen and oxygen atoms in total. The first-order valence-electron chi connectivity index (χ1n) is 6.85. The number of aromatic nitrogens is 1. The maximum Gasteiger partial charge on any atom is 0.279 e. The average Bonchev–Trinajstić information content (AvgIpc) is 2.54. The zero-order valence-corrected chi connectivity index (χ0v) is 16.1. The molecule has 2 aromatic carbocycles. The van der Waals surface area contributed by atoms with Crippen molar-refractivity contribution < 1.29 is 13.5 Å². The van der Waals surface area contributed by atoms with E-state index in [0.717, 1.165) is 5.56 Å². The first-order chi connectivity index (χ1) is 11.3. The number of aryl methyl sites for hydroxylation is 1. The molecule has 0 saturated carbocycles. The van der Waals surface area contributed by atoms with E-state index in [1.807, 2.05) is 29.5 Å². The first-order valence-corrected chi connectivity index (χ1v) is 9.79. The summed E-state index contributed by atoms with van der Waals surface area (Å²) in [5.41, 5.74) is 1.61. The highest BCUT2D eigenvalue weighted by Crippen LogP contribution is 2.34. The average molecular weight is 475 g/mol. The number of pyridine rings is 1. The van der Waals surface area contributed by atoms with E-state index >= 15 is 0 Å². The van der Waals surface area contributed by atoms with Crippen molar-refractivity contribution in [1.82, 2.24) is 4.98 Å². The van der Waals surface area contributed by atoms with Crippen LogP contribution in [0.15, 0.2) is 47.5 Å². The molecule has 8 heteroatoms. The molecular weight excluding hydrogens is 463 g/mol. The normalized spacial score (nSPS) is 11.6. The van der Waals surface area contributed by atoms with E-state index in [4.69, 9.17) is 11.6 Å². The fourth-order valence-corrected chi connectivity index (χ4v) is 4.19. The first kappa shape index (κ1) is 17.2. The Balaban J connectivity index is 2.08. The van der Waals surface area contributed by atoms with Crippen LogP contribution in [0.5, 0.6) is 5.75 Å². The summed E-state index contributed by atoms with van der Waals surface area (Å²) in [5.74, 6) is -0.0950. The second-order valence-electron chi connectivity index (χ2n) is 5.21. The van der Waals surface area contributed by atoms with Gasteiger partial charge in [-0.2, -0.15) is 8.42 Å². The minimum absolute atomic E-state index is 0.0950. The lowest BCUT2D eigenvalue weighted by Gasteiger charge is -2.10. The number of hydrogen-bond donors (Lipinski definition) is 2. The van der Waals surface area contributed by atoms with Gasteiger partial charge in [0.05, 0.1) is 8.59 Å². The smallest absolute Gasteiger partial charge is 0.279 e. The highest BCUT2D eigenvalue weighted by atomic mass is 127. The summed E-state index contributed by atoms with van der Waals surface area (Å²) < 4.78 is 28.0. The number of benzene rings is 2. The van der Waals surface area contributed by atoms with Crippen LogP contribution in [-0.4, -0.2) is 18.5 Å². The maximum atomic E-state index is 12.5. The summed E-state index contributed by atoms with van der Waals surface area (Å²) in [6.45, 7) is 1.91. The fraction of sp³-hybridized carbons (Fsp3) is 0.0625. The van der Waals surface area contributed by atoms with Crippen LogP contribution in [0.25, 0.3) is 10.9 Å². The minimum Gasteiger partial charge on any atom is -0.505 e. The topological polar surface area (TPSA) is 79.3 Å². The van der Waals surface area contributed by atoms with Crippen LogP contribution in [0.2, 0.25) is 5.02 Å². The van der Waals surface area contributed by atoms with Crippen molar-refractivity contribution in [2.45, 2.75) is 11.9 Å². The van der Waals surface area contributed by atoms with Gasteiger partial charge >= 0.3 is 0 Å². The predicted molar refractivity (Wildman–Crippen MR) is 103 cm³/mol. The van der Waals surface area contributed by atoms with Crippen LogP contribution >= 0.6 is 34.2 Å². The zero-order valence-electron chi connectivity index (χ0n) is 12.4. The molecule has 0 unspecified atom stereocenters. The van der Waals surface area contributed by atoms with E-state index < -0.39 is 10.0 Å². The van der Waals surface area contributed by atoms with Gasteiger partial charge < -0.3 is 5.11 Å². The third kappa shape index (κ3) is 3.28. The molecule has 124 valence electrons. The summed E-state index contributed by atoms with van der Waals surface area (Å²) in [7, 11) is -3.88. The number of rotatable bonds is 3. The van der Waals surface area contributed by atoms with E-state index in [2.05, 4.69) is 9.71 Å². The monoisotopic (exact) mass is 474 g/mol. The van der Waals surface area contributed by atoms with Crippen LogP contribution in [0, 0.1) is 10.5 Å². The Morgan fingerprint density at radius 1 is 1.17 bits per heavy atom. The van der Waals surface area contributed by atoms with Gasteiger partial charge in [-0.1, -0.05) is 29.3 Å². The molecule has 1 aromatic heterocycles. The Morgan fingerprint density at radius 2 is 1.83 bits per heavy atom. The Morgan fingerprint density at radius 3 is 2.50 bits per heavy atom. The van der Waals surface area contributed by atoms with Crippen LogP contribution in [0.4, 0.5) is 5.69 Å². The summed E-state index contributed by atoms with van der Waals surface area (Å²) in [5, 5.41) is 10.8. The quantitative estimate of drug-likeness (QED) is 0.555. The van der Waals surface area contributed by atoms with Crippen molar-refractivity contribution in [1.29, 1.82) is 0 Å². The van der Waals surface area contributed by atoms with Gasteiger partial charge in [0.1, 0.15) is 5.52 Å². The molecule has 0 atom stereocenters. The molecule has 2 N–H and O–H groups in total. The van der Waals surface area contributed by atoms with Gasteiger partial charge in [-0.05, 0) is 59.8 Å². The maximum absolute atomic E-state index is 12.5. The van der Waals surface area contributed by atoms with Gasteiger partial charge in [0.15, 0.2) is 10.8 Å². The van der Waals surface area contributed by atoms with Gasteiger partial charge in [0, 0.05) is 11.1 Å². The molecule has 3 aromatic rings. The lowest BCUT2D eigenvalue weighted by molar-refractivity contribution is 0.476. The molecule has 0 amide bonds. The van der Waals surface area contributed by atoms with Gasteiger partial charge in [0.25, 0.3) is 10.0 Å². The number of halogens is 2. The van der Waals surface area contributed by atoms with E-state index in [-0.39, 0.29) is 16.3 Å². The molecule has 0 radical (unpaired) electrons. The van der Waals surface area contributed by atoms with Crippen LogP contribution in [0.3, 0.4) is 0 Å². The highest BCUT2D eigenvalue weighted by Gasteiger charge is 2.19. The predicted octanol–water partition coefficient (Wildman–Crippen LogP) is 4.31. The van der Waals surface area contributed by atoms with Gasteiger partial charge in [-0.15, -0.1) is 0 Å². The number of phenolic OH excluding ortho intramolecular Hbond substituents is 1. The van der Waals surface area contributed by atoms with Crippen LogP contribution in [0.1, 0.15) is 5.56 Å². The number of nitrogens with zero attached hydrogens (tertiary/aromatic N) is 1. The summed E-state index contributed by atoms with van der Waals surface area (Å²) in [4.78, 5) is 4.09. The molecule has 0 fully saturated rings. The number of nitrogens with one attached hydrogen (secondary N) is 1. The third-order valence-corrected chi connectivity index (χ3v) is 5.83. The second-order valence-corrected chi connectivity index (χ2v) is 8.40. The molecule has 0 aliphatic rings. The Kier molecular flexibility index (Phi) is 4.58. The molecule has 0 aliphatic carbocycles. The Labute approximate surface area is 157 Å². The van der Waals surface area contributed by atoms with E-state index in [1.165, 1.54) is 12.1 Å². The molecule has 0 spiro atoms.